The Bertz CT molecular complexity index is 196. The van der Waals surface area contributed by atoms with Crippen molar-refractivity contribution < 1.29 is 46.8 Å². The molecule has 6 N–H and O–H groups in total. The minimum absolute atomic E-state index is 0. The first-order chi connectivity index (χ1) is 5.91. The Hall–Kier alpha value is -1.15. The van der Waals surface area contributed by atoms with Gasteiger partial charge in [-0.25, -0.2) is 0 Å². The molecule has 0 aliphatic heterocycles. The second-order valence-electron chi connectivity index (χ2n) is 2.33. The molecule has 0 saturated heterocycles. The molecule has 0 heterocycles. The largest absolute Gasteiger partial charge is 0.480 e. The Balaban J connectivity index is -0.000000720. The van der Waals surface area contributed by atoms with E-state index in [2.05, 4.69) is 0 Å². The summed E-state index contributed by atoms with van der Waals surface area (Å²) in [6.07, 6.45) is 0. The molecule has 0 aromatic heterocycles. The summed E-state index contributed by atoms with van der Waals surface area (Å²) < 4.78 is 0. The van der Waals surface area contributed by atoms with Gasteiger partial charge in [-0.3, -0.25) is 19.3 Å². The molecule has 0 amide bonds. The minimum atomic E-state index is -1.26. The first kappa shape index (κ1) is 19.4. The second kappa shape index (κ2) is 9.41. The Morgan fingerprint density at radius 2 is 1.00 bits per heavy atom. The van der Waals surface area contributed by atoms with Gasteiger partial charge in [0, 0.05) is 17.1 Å². The van der Waals surface area contributed by atoms with E-state index in [9.17, 15) is 14.4 Å². The fourth-order valence-corrected chi connectivity index (χ4v) is 0.742. The summed E-state index contributed by atoms with van der Waals surface area (Å²) in [7, 11) is 0. The fourth-order valence-electron chi connectivity index (χ4n) is 0.742. The van der Waals surface area contributed by atoms with E-state index in [4.69, 9.17) is 15.3 Å². The SMILES string of the molecule is N.O=C(O)CN(CC(=O)O)CC(=O)O.[Fe]. The van der Waals surface area contributed by atoms with Crippen LogP contribution < -0.4 is 6.15 Å². The van der Waals surface area contributed by atoms with E-state index in [1.807, 2.05) is 0 Å². The number of hydrogen-bond donors (Lipinski definition) is 4. The predicted octanol–water partition coefficient (Wildman–Crippen LogP) is -1.30. The van der Waals surface area contributed by atoms with Gasteiger partial charge in [-0.05, 0) is 0 Å². The van der Waals surface area contributed by atoms with Gasteiger partial charge >= 0.3 is 17.9 Å². The van der Waals surface area contributed by atoms with Crippen molar-refractivity contribution in [1.82, 2.24) is 11.1 Å². The molecule has 0 aromatic rings. The molecule has 0 aliphatic rings. The standard InChI is InChI=1S/C6H9NO6.Fe.H3N/c8-4(9)1-7(2-5(10)11)3-6(12)13;;/h1-3H2,(H,8,9)(H,10,11)(H,12,13);;1H3. The van der Waals surface area contributed by atoms with Gasteiger partial charge in [0.15, 0.2) is 0 Å². The van der Waals surface area contributed by atoms with Crippen LogP contribution in [0.5, 0.6) is 0 Å². The molecule has 0 fully saturated rings. The van der Waals surface area contributed by atoms with E-state index >= 15 is 0 Å². The summed E-state index contributed by atoms with van der Waals surface area (Å²) in [6.45, 7) is -1.80. The Morgan fingerprint density at radius 3 is 1.13 bits per heavy atom. The van der Waals surface area contributed by atoms with E-state index in [-0.39, 0.29) is 23.2 Å². The first-order valence-electron chi connectivity index (χ1n) is 3.29. The zero-order valence-electron chi connectivity index (χ0n) is 7.70. The van der Waals surface area contributed by atoms with Gasteiger partial charge < -0.3 is 21.5 Å². The first-order valence-corrected chi connectivity index (χ1v) is 3.29. The molecule has 0 atom stereocenters. The van der Waals surface area contributed by atoms with Gasteiger partial charge in [-0.1, -0.05) is 0 Å². The van der Waals surface area contributed by atoms with Crippen molar-refractivity contribution >= 4 is 17.9 Å². The molecule has 9 heteroatoms. The Labute approximate surface area is 95.9 Å². The van der Waals surface area contributed by atoms with Gasteiger partial charge in [0.25, 0.3) is 0 Å². The molecular formula is C6H12FeN2O6. The summed E-state index contributed by atoms with van der Waals surface area (Å²) in [5.74, 6) is -3.78. The molecule has 0 bridgehead atoms. The van der Waals surface area contributed by atoms with Gasteiger partial charge in [0.2, 0.25) is 0 Å². The van der Waals surface area contributed by atoms with E-state index in [0.29, 0.717) is 0 Å². The maximum Gasteiger partial charge on any atom is 0.317 e. The number of carboxylic acids is 3. The zero-order valence-corrected chi connectivity index (χ0v) is 8.80. The van der Waals surface area contributed by atoms with Gasteiger partial charge in [0.1, 0.15) is 0 Å². The number of hydrogen-bond acceptors (Lipinski definition) is 5. The summed E-state index contributed by atoms with van der Waals surface area (Å²) in [6, 6.07) is 0. The normalized spacial score (nSPS) is 8.60. The average Bonchev–Trinajstić information content (AvgIpc) is 1.80. The molecule has 8 nitrogen and oxygen atoms in total. The van der Waals surface area contributed by atoms with Crippen molar-refractivity contribution in [2.75, 3.05) is 19.6 Å². The van der Waals surface area contributed by atoms with Crippen LogP contribution >= 0.6 is 0 Å². The monoisotopic (exact) mass is 264 g/mol. The molecule has 0 saturated carbocycles. The average molecular weight is 264 g/mol. The van der Waals surface area contributed by atoms with Crippen molar-refractivity contribution in [3.8, 4) is 0 Å². The number of aliphatic carboxylic acids is 3. The molecule has 0 aromatic carbocycles. The van der Waals surface area contributed by atoms with Crippen LogP contribution in [0.1, 0.15) is 0 Å². The van der Waals surface area contributed by atoms with E-state index in [1.54, 1.807) is 0 Å². The van der Waals surface area contributed by atoms with Crippen molar-refractivity contribution in [3.05, 3.63) is 0 Å². The van der Waals surface area contributed by atoms with E-state index in [1.165, 1.54) is 0 Å². The summed E-state index contributed by atoms with van der Waals surface area (Å²) in [5.41, 5.74) is 0. The fraction of sp³-hybridized carbons (Fsp3) is 0.500. The molecule has 0 radical (unpaired) electrons. The van der Waals surface area contributed by atoms with Crippen LogP contribution in [0.25, 0.3) is 0 Å². The van der Waals surface area contributed by atoms with E-state index < -0.39 is 37.5 Å². The van der Waals surface area contributed by atoms with Crippen LogP contribution in [0.2, 0.25) is 0 Å². The molecule has 0 rings (SSSR count). The summed E-state index contributed by atoms with van der Waals surface area (Å²) >= 11 is 0. The third-order valence-corrected chi connectivity index (χ3v) is 1.08. The number of nitrogens with zero attached hydrogens (tertiary/aromatic N) is 1. The third kappa shape index (κ3) is 12.8. The Morgan fingerprint density at radius 1 is 0.800 bits per heavy atom. The topological polar surface area (TPSA) is 150 Å². The molecule has 90 valence electrons. The van der Waals surface area contributed by atoms with Crippen LogP contribution in [0, 0.1) is 0 Å². The van der Waals surface area contributed by atoms with Crippen molar-refractivity contribution in [3.63, 3.8) is 0 Å². The van der Waals surface area contributed by atoms with Crippen LogP contribution in [-0.4, -0.2) is 57.8 Å². The smallest absolute Gasteiger partial charge is 0.317 e. The quantitative estimate of drug-likeness (QED) is 0.432. The number of rotatable bonds is 6. The predicted molar refractivity (Wildman–Crippen MR) is 44.4 cm³/mol. The molecule has 0 spiro atoms. The maximum atomic E-state index is 10.1. The van der Waals surface area contributed by atoms with Crippen LogP contribution in [0.3, 0.4) is 0 Å². The number of carboxylic acid groups (broad SMARTS) is 3. The third-order valence-electron chi connectivity index (χ3n) is 1.08. The van der Waals surface area contributed by atoms with Gasteiger partial charge in [-0.15, -0.1) is 0 Å². The van der Waals surface area contributed by atoms with Crippen molar-refractivity contribution in [2.24, 2.45) is 0 Å². The van der Waals surface area contributed by atoms with Crippen LogP contribution in [0.15, 0.2) is 0 Å². The van der Waals surface area contributed by atoms with Crippen molar-refractivity contribution in [1.29, 1.82) is 0 Å². The van der Waals surface area contributed by atoms with Gasteiger partial charge in [-0.2, -0.15) is 0 Å². The summed E-state index contributed by atoms with van der Waals surface area (Å²) in [5, 5.41) is 24.8. The minimum Gasteiger partial charge on any atom is -0.480 e. The van der Waals surface area contributed by atoms with Gasteiger partial charge in [0.05, 0.1) is 19.6 Å². The second-order valence-corrected chi connectivity index (χ2v) is 2.33. The Kier molecular flexibility index (Phi) is 12.2. The maximum absolute atomic E-state index is 10.1. The molecule has 0 aliphatic carbocycles. The number of carbonyl (C=O) groups is 3. The van der Waals surface area contributed by atoms with Crippen LogP contribution in [0.4, 0.5) is 0 Å². The molecule has 0 unspecified atom stereocenters. The molecular weight excluding hydrogens is 252 g/mol. The van der Waals surface area contributed by atoms with Crippen LogP contribution in [-0.2, 0) is 31.5 Å². The van der Waals surface area contributed by atoms with Crippen molar-refractivity contribution in [2.45, 2.75) is 0 Å². The zero-order chi connectivity index (χ0) is 10.4. The molecule has 15 heavy (non-hydrogen) atoms. The summed E-state index contributed by atoms with van der Waals surface area (Å²) in [4.78, 5) is 31.2. The van der Waals surface area contributed by atoms with E-state index in [0.717, 1.165) is 4.90 Å².